The van der Waals surface area contributed by atoms with E-state index in [0.29, 0.717) is 10.2 Å². The van der Waals surface area contributed by atoms with Crippen molar-refractivity contribution in [2.45, 2.75) is 13.5 Å². The number of aryl methyl sites for hydroxylation is 1. The van der Waals surface area contributed by atoms with Crippen molar-refractivity contribution in [2.24, 2.45) is 0 Å². The topological polar surface area (TPSA) is 18.5 Å². The third-order valence-corrected chi connectivity index (χ3v) is 3.24. The lowest BCUT2D eigenvalue weighted by Gasteiger charge is -2.12. The Morgan fingerprint density at radius 1 is 1.10 bits per heavy atom. The molecule has 0 atom stereocenters. The first-order valence-corrected chi connectivity index (χ1v) is 6.71. The molecule has 106 valence electrons. The van der Waals surface area contributed by atoms with Gasteiger partial charge in [0.15, 0.2) is 11.6 Å². The molecule has 0 amide bonds. The highest BCUT2D eigenvalue weighted by atomic mass is 79.9. The van der Waals surface area contributed by atoms with E-state index < -0.39 is 11.6 Å². The Balaban J connectivity index is 2.23. The SMILES string of the molecule is COc1ccc(C)cc1COc1cc(Br)cc(F)c1F. The summed E-state index contributed by atoms with van der Waals surface area (Å²) in [4.78, 5) is 0. The van der Waals surface area contributed by atoms with Crippen LogP contribution in [-0.2, 0) is 6.61 Å². The largest absolute Gasteiger partial charge is 0.496 e. The van der Waals surface area contributed by atoms with E-state index in [9.17, 15) is 8.78 Å². The summed E-state index contributed by atoms with van der Waals surface area (Å²) in [6, 6.07) is 8.04. The Morgan fingerprint density at radius 3 is 2.55 bits per heavy atom. The minimum atomic E-state index is -1.00. The maximum atomic E-state index is 13.6. The number of benzene rings is 2. The van der Waals surface area contributed by atoms with Gasteiger partial charge in [-0.25, -0.2) is 4.39 Å². The smallest absolute Gasteiger partial charge is 0.200 e. The van der Waals surface area contributed by atoms with Gasteiger partial charge >= 0.3 is 0 Å². The molecule has 0 radical (unpaired) electrons. The predicted molar refractivity (Wildman–Crippen MR) is 76.1 cm³/mol. The maximum Gasteiger partial charge on any atom is 0.200 e. The quantitative estimate of drug-likeness (QED) is 0.754. The first-order chi connectivity index (χ1) is 9.51. The van der Waals surface area contributed by atoms with Crippen molar-refractivity contribution in [1.29, 1.82) is 0 Å². The fraction of sp³-hybridized carbons (Fsp3) is 0.200. The van der Waals surface area contributed by atoms with Crippen LogP contribution in [0.5, 0.6) is 11.5 Å². The van der Waals surface area contributed by atoms with Gasteiger partial charge in [-0.2, -0.15) is 4.39 Å². The molecule has 0 aliphatic heterocycles. The normalized spacial score (nSPS) is 10.4. The van der Waals surface area contributed by atoms with Crippen molar-refractivity contribution in [3.05, 3.63) is 57.6 Å². The summed E-state index contributed by atoms with van der Waals surface area (Å²) >= 11 is 3.10. The minimum absolute atomic E-state index is 0.0949. The van der Waals surface area contributed by atoms with Crippen LogP contribution < -0.4 is 9.47 Å². The first kappa shape index (κ1) is 14.8. The highest BCUT2D eigenvalue weighted by Gasteiger charge is 2.12. The second-order valence-corrected chi connectivity index (χ2v) is 5.22. The van der Waals surface area contributed by atoms with E-state index in [-0.39, 0.29) is 12.4 Å². The van der Waals surface area contributed by atoms with E-state index in [1.54, 1.807) is 7.11 Å². The fourth-order valence-corrected chi connectivity index (χ4v) is 2.22. The zero-order valence-corrected chi connectivity index (χ0v) is 12.6. The second-order valence-electron chi connectivity index (χ2n) is 4.30. The Hall–Kier alpha value is -1.62. The van der Waals surface area contributed by atoms with Crippen molar-refractivity contribution >= 4 is 15.9 Å². The number of halogens is 3. The van der Waals surface area contributed by atoms with Crippen LogP contribution in [0, 0.1) is 18.6 Å². The van der Waals surface area contributed by atoms with Crippen molar-refractivity contribution in [1.82, 2.24) is 0 Å². The average molecular weight is 343 g/mol. The molecule has 5 heteroatoms. The van der Waals surface area contributed by atoms with Crippen LogP contribution >= 0.6 is 15.9 Å². The van der Waals surface area contributed by atoms with Crippen LogP contribution in [0.1, 0.15) is 11.1 Å². The number of hydrogen-bond donors (Lipinski definition) is 0. The van der Waals surface area contributed by atoms with Gasteiger partial charge < -0.3 is 9.47 Å². The van der Waals surface area contributed by atoms with Gasteiger partial charge in [0.25, 0.3) is 0 Å². The summed E-state index contributed by atoms with van der Waals surface area (Å²) in [6.45, 7) is 2.03. The molecular formula is C15H13BrF2O2. The van der Waals surface area contributed by atoms with Crippen LogP contribution in [0.2, 0.25) is 0 Å². The molecular weight excluding hydrogens is 330 g/mol. The van der Waals surface area contributed by atoms with E-state index >= 15 is 0 Å². The van der Waals surface area contributed by atoms with Crippen LogP contribution in [0.3, 0.4) is 0 Å². The van der Waals surface area contributed by atoms with Crippen LogP contribution in [0.15, 0.2) is 34.8 Å². The molecule has 2 aromatic carbocycles. The van der Waals surface area contributed by atoms with E-state index in [0.717, 1.165) is 17.2 Å². The molecule has 0 spiro atoms. The molecule has 20 heavy (non-hydrogen) atoms. The lowest BCUT2D eigenvalue weighted by atomic mass is 10.1. The lowest BCUT2D eigenvalue weighted by Crippen LogP contribution is -2.01. The third-order valence-electron chi connectivity index (χ3n) is 2.78. The van der Waals surface area contributed by atoms with Gasteiger partial charge in [-0.15, -0.1) is 0 Å². The van der Waals surface area contributed by atoms with Crippen LogP contribution in [0.4, 0.5) is 8.78 Å². The van der Waals surface area contributed by atoms with E-state index in [1.165, 1.54) is 6.07 Å². The Morgan fingerprint density at radius 2 is 1.85 bits per heavy atom. The zero-order chi connectivity index (χ0) is 14.7. The number of rotatable bonds is 4. The number of methoxy groups -OCH3 is 1. The lowest BCUT2D eigenvalue weighted by molar-refractivity contribution is 0.277. The van der Waals surface area contributed by atoms with Gasteiger partial charge in [0.2, 0.25) is 5.82 Å². The van der Waals surface area contributed by atoms with Crippen molar-refractivity contribution in [3.8, 4) is 11.5 Å². The molecule has 0 unspecified atom stereocenters. The Kier molecular flexibility index (Phi) is 4.60. The molecule has 2 nitrogen and oxygen atoms in total. The van der Waals surface area contributed by atoms with Crippen LogP contribution in [-0.4, -0.2) is 7.11 Å². The highest BCUT2D eigenvalue weighted by Crippen LogP contribution is 2.27. The van der Waals surface area contributed by atoms with Crippen molar-refractivity contribution in [3.63, 3.8) is 0 Å². The maximum absolute atomic E-state index is 13.6. The van der Waals surface area contributed by atoms with Gasteiger partial charge in [-0.3, -0.25) is 0 Å². The number of ether oxygens (including phenoxy) is 2. The highest BCUT2D eigenvalue weighted by molar-refractivity contribution is 9.10. The average Bonchev–Trinajstić information content (AvgIpc) is 2.41. The summed E-state index contributed by atoms with van der Waals surface area (Å²) < 4.78 is 37.8. The fourth-order valence-electron chi connectivity index (χ4n) is 1.81. The van der Waals surface area contributed by atoms with Crippen molar-refractivity contribution < 1.29 is 18.3 Å². The summed E-state index contributed by atoms with van der Waals surface area (Å²) in [6.07, 6.45) is 0. The molecule has 0 bridgehead atoms. The summed E-state index contributed by atoms with van der Waals surface area (Å²) in [7, 11) is 1.55. The van der Waals surface area contributed by atoms with Gasteiger partial charge in [-0.05, 0) is 31.2 Å². The van der Waals surface area contributed by atoms with Crippen molar-refractivity contribution in [2.75, 3.05) is 7.11 Å². The molecule has 2 rings (SSSR count). The molecule has 0 saturated heterocycles. The van der Waals surface area contributed by atoms with Crippen LogP contribution in [0.25, 0.3) is 0 Å². The summed E-state index contributed by atoms with van der Waals surface area (Å²) in [5.74, 6) is -1.45. The molecule has 0 fully saturated rings. The van der Waals surface area contributed by atoms with E-state index in [4.69, 9.17) is 9.47 Å². The molecule has 0 aliphatic carbocycles. The second kappa shape index (κ2) is 6.22. The monoisotopic (exact) mass is 342 g/mol. The van der Waals surface area contributed by atoms with E-state index in [1.807, 2.05) is 25.1 Å². The van der Waals surface area contributed by atoms with Gasteiger partial charge in [0.1, 0.15) is 12.4 Å². The summed E-state index contributed by atoms with van der Waals surface area (Å²) in [5, 5.41) is 0. The van der Waals surface area contributed by atoms with Gasteiger partial charge in [0, 0.05) is 10.0 Å². The number of hydrogen-bond acceptors (Lipinski definition) is 2. The molecule has 0 saturated carbocycles. The van der Waals surface area contributed by atoms with E-state index in [2.05, 4.69) is 15.9 Å². The van der Waals surface area contributed by atoms with Gasteiger partial charge in [-0.1, -0.05) is 27.6 Å². The summed E-state index contributed by atoms with van der Waals surface area (Å²) in [5.41, 5.74) is 1.80. The Labute approximate surface area is 124 Å². The molecule has 0 aliphatic rings. The third kappa shape index (κ3) is 3.28. The predicted octanol–water partition coefficient (Wildman–Crippen LogP) is 4.62. The minimum Gasteiger partial charge on any atom is -0.496 e. The molecule has 2 aromatic rings. The first-order valence-electron chi connectivity index (χ1n) is 5.92. The zero-order valence-electron chi connectivity index (χ0n) is 11.0. The molecule has 0 N–H and O–H groups in total. The standard InChI is InChI=1S/C15H13BrF2O2/c1-9-3-4-13(19-2)10(5-9)8-20-14-7-11(16)6-12(17)15(14)18/h3-7H,8H2,1-2H3. The van der Waals surface area contributed by atoms with Gasteiger partial charge in [0.05, 0.1) is 7.11 Å². The Bertz CT molecular complexity index is 630. The molecule has 0 aromatic heterocycles. The molecule has 0 heterocycles.